The number of aryl methyl sites for hydroxylation is 1. The van der Waals surface area contributed by atoms with E-state index in [4.69, 9.17) is 4.74 Å². The van der Waals surface area contributed by atoms with Crippen LogP contribution in [0, 0.1) is 5.92 Å². The van der Waals surface area contributed by atoms with Gasteiger partial charge in [0.05, 0.1) is 15.9 Å². The maximum absolute atomic E-state index is 12.6. The molecule has 1 heterocycles. The lowest BCUT2D eigenvalue weighted by Gasteiger charge is -2.18. The molecule has 8 nitrogen and oxygen atoms in total. The highest BCUT2D eigenvalue weighted by atomic mass is 32.2. The lowest BCUT2D eigenvalue weighted by Crippen LogP contribution is -2.44. The van der Waals surface area contributed by atoms with Crippen molar-refractivity contribution < 1.29 is 23.1 Å². The van der Waals surface area contributed by atoms with E-state index < -0.39 is 28.0 Å². The molecule has 35 heavy (non-hydrogen) atoms. The number of ether oxygens (including phenoxy) is 1. The van der Waals surface area contributed by atoms with Gasteiger partial charge in [-0.25, -0.2) is 13.4 Å². The number of sulfonamides is 1. The van der Waals surface area contributed by atoms with Gasteiger partial charge in [0.15, 0.2) is 0 Å². The SMILES string of the molecule is CC(C)[C@@H](NS(=O)(=O)c1ccc(-c2ccc(OCc3nc4ccccc4n3C)cc2)cc1)C(=O)O. The molecule has 0 fully saturated rings. The summed E-state index contributed by atoms with van der Waals surface area (Å²) in [6, 6.07) is 20.5. The number of carboxylic acids is 1. The summed E-state index contributed by atoms with van der Waals surface area (Å²) in [6.45, 7) is 3.63. The topological polar surface area (TPSA) is 111 Å². The summed E-state index contributed by atoms with van der Waals surface area (Å²) in [4.78, 5) is 16.0. The average Bonchev–Trinajstić information content (AvgIpc) is 3.17. The summed E-state index contributed by atoms with van der Waals surface area (Å²) in [6.07, 6.45) is 0. The first kappa shape index (κ1) is 24.4. The summed E-state index contributed by atoms with van der Waals surface area (Å²) >= 11 is 0. The molecule has 1 aromatic heterocycles. The van der Waals surface area contributed by atoms with Crippen molar-refractivity contribution in [2.75, 3.05) is 0 Å². The third kappa shape index (κ3) is 5.36. The number of fused-ring (bicyclic) bond motifs is 1. The molecule has 0 spiro atoms. The molecular formula is C26H27N3O5S. The van der Waals surface area contributed by atoms with Crippen LogP contribution in [0.1, 0.15) is 19.7 Å². The fourth-order valence-corrected chi connectivity index (χ4v) is 5.09. The standard InChI is InChI=1S/C26H27N3O5S/c1-17(2)25(26(30)31)28-35(32,33)21-14-10-19(11-15-21)18-8-12-20(13-9-18)34-16-24-27-22-6-4-5-7-23(22)29(24)3/h4-15,17,25,28H,16H2,1-3H3,(H,30,31)/t25-/m1/s1. The van der Waals surface area contributed by atoms with Gasteiger partial charge in [0.25, 0.3) is 0 Å². The molecule has 9 heteroatoms. The van der Waals surface area contributed by atoms with Crippen LogP contribution in [0.2, 0.25) is 0 Å². The number of carboxylic acid groups (broad SMARTS) is 1. The predicted molar refractivity (Wildman–Crippen MR) is 134 cm³/mol. The van der Waals surface area contributed by atoms with Gasteiger partial charge in [-0.3, -0.25) is 4.79 Å². The third-order valence-corrected chi connectivity index (χ3v) is 7.27. The van der Waals surface area contributed by atoms with E-state index in [1.54, 1.807) is 26.0 Å². The molecule has 0 saturated heterocycles. The van der Waals surface area contributed by atoms with Gasteiger partial charge in [-0.2, -0.15) is 4.72 Å². The smallest absolute Gasteiger partial charge is 0.322 e. The van der Waals surface area contributed by atoms with E-state index in [1.807, 2.05) is 60.1 Å². The number of hydrogen-bond acceptors (Lipinski definition) is 5. The first-order valence-electron chi connectivity index (χ1n) is 11.1. The maximum atomic E-state index is 12.6. The lowest BCUT2D eigenvalue weighted by molar-refractivity contribution is -0.140. The van der Waals surface area contributed by atoms with Crippen molar-refractivity contribution in [3.05, 3.63) is 78.6 Å². The van der Waals surface area contributed by atoms with Crippen molar-refractivity contribution in [3.8, 4) is 16.9 Å². The van der Waals surface area contributed by atoms with Gasteiger partial charge in [-0.1, -0.05) is 50.2 Å². The Morgan fingerprint density at radius 2 is 1.60 bits per heavy atom. The van der Waals surface area contributed by atoms with Gasteiger partial charge in [0, 0.05) is 7.05 Å². The number of nitrogens with zero attached hydrogens (tertiary/aromatic N) is 2. The van der Waals surface area contributed by atoms with Crippen molar-refractivity contribution in [2.45, 2.75) is 31.4 Å². The van der Waals surface area contributed by atoms with Crippen molar-refractivity contribution in [2.24, 2.45) is 13.0 Å². The number of para-hydroxylation sites is 2. The molecule has 0 saturated carbocycles. The van der Waals surface area contributed by atoms with Crippen LogP contribution in [0.4, 0.5) is 0 Å². The van der Waals surface area contributed by atoms with Crippen LogP contribution in [-0.2, 0) is 28.5 Å². The summed E-state index contributed by atoms with van der Waals surface area (Å²) in [5.41, 5.74) is 3.68. The number of aliphatic carboxylic acids is 1. The average molecular weight is 494 g/mol. The molecule has 0 aliphatic rings. The number of carbonyl (C=O) groups is 1. The molecule has 0 amide bonds. The van der Waals surface area contributed by atoms with Crippen LogP contribution < -0.4 is 9.46 Å². The molecule has 1 atom stereocenters. The monoisotopic (exact) mass is 493 g/mol. The Kier molecular flexibility index (Phi) is 6.90. The Bertz CT molecular complexity index is 1440. The second kappa shape index (κ2) is 9.89. The van der Waals surface area contributed by atoms with Crippen molar-refractivity contribution in [1.82, 2.24) is 14.3 Å². The molecule has 2 N–H and O–H groups in total. The fraction of sp³-hybridized carbons (Fsp3) is 0.231. The summed E-state index contributed by atoms with van der Waals surface area (Å²) in [5.74, 6) is -0.0849. The predicted octanol–water partition coefficient (Wildman–Crippen LogP) is 4.21. The first-order chi connectivity index (χ1) is 16.7. The second-order valence-corrected chi connectivity index (χ2v) is 10.3. The molecule has 3 aromatic carbocycles. The van der Waals surface area contributed by atoms with Crippen LogP contribution in [0.25, 0.3) is 22.2 Å². The molecule has 0 aliphatic carbocycles. The van der Waals surface area contributed by atoms with Crippen LogP contribution in [-0.4, -0.2) is 35.1 Å². The van der Waals surface area contributed by atoms with Crippen molar-refractivity contribution >= 4 is 27.0 Å². The van der Waals surface area contributed by atoms with Crippen LogP contribution in [0.5, 0.6) is 5.75 Å². The van der Waals surface area contributed by atoms with Gasteiger partial charge in [0.1, 0.15) is 24.2 Å². The Morgan fingerprint density at radius 1 is 1.00 bits per heavy atom. The lowest BCUT2D eigenvalue weighted by atomic mass is 10.1. The molecule has 0 radical (unpaired) electrons. The highest BCUT2D eigenvalue weighted by Crippen LogP contribution is 2.25. The second-order valence-electron chi connectivity index (χ2n) is 8.59. The third-order valence-electron chi connectivity index (χ3n) is 5.81. The zero-order valence-corrected chi connectivity index (χ0v) is 20.5. The van der Waals surface area contributed by atoms with Crippen LogP contribution >= 0.6 is 0 Å². The molecule has 4 rings (SSSR count). The fourth-order valence-electron chi connectivity index (χ4n) is 3.75. The number of rotatable bonds is 9. The summed E-state index contributed by atoms with van der Waals surface area (Å²) < 4.78 is 35.4. The Morgan fingerprint density at radius 3 is 2.17 bits per heavy atom. The number of nitrogens with one attached hydrogen (secondary N) is 1. The molecule has 0 unspecified atom stereocenters. The molecular weight excluding hydrogens is 466 g/mol. The number of hydrogen-bond donors (Lipinski definition) is 2. The minimum absolute atomic E-state index is 0.00978. The van der Waals surface area contributed by atoms with E-state index in [0.29, 0.717) is 12.4 Å². The molecule has 0 bridgehead atoms. The van der Waals surface area contributed by atoms with Gasteiger partial charge in [0.2, 0.25) is 10.0 Å². The summed E-state index contributed by atoms with van der Waals surface area (Å²) in [7, 11) is -2.00. The molecule has 0 aliphatic heterocycles. The van der Waals surface area contributed by atoms with Gasteiger partial charge in [-0.05, 0) is 53.4 Å². The zero-order valence-electron chi connectivity index (χ0n) is 19.7. The van der Waals surface area contributed by atoms with Gasteiger partial charge < -0.3 is 14.4 Å². The van der Waals surface area contributed by atoms with Crippen molar-refractivity contribution in [3.63, 3.8) is 0 Å². The van der Waals surface area contributed by atoms with E-state index in [1.165, 1.54) is 12.1 Å². The minimum Gasteiger partial charge on any atom is -0.486 e. The highest BCUT2D eigenvalue weighted by Gasteiger charge is 2.28. The van der Waals surface area contributed by atoms with E-state index in [9.17, 15) is 18.3 Å². The Labute approximate surface area is 204 Å². The van der Waals surface area contributed by atoms with Crippen LogP contribution in [0.15, 0.2) is 77.7 Å². The maximum Gasteiger partial charge on any atom is 0.322 e. The van der Waals surface area contributed by atoms with E-state index in [0.717, 1.165) is 28.0 Å². The van der Waals surface area contributed by atoms with Crippen LogP contribution in [0.3, 0.4) is 0 Å². The minimum atomic E-state index is -3.96. The van der Waals surface area contributed by atoms with E-state index >= 15 is 0 Å². The normalized spacial score (nSPS) is 12.7. The Hall–Kier alpha value is -3.69. The number of imidazole rings is 1. The van der Waals surface area contributed by atoms with Gasteiger partial charge >= 0.3 is 5.97 Å². The molecule has 4 aromatic rings. The highest BCUT2D eigenvalue weighted by molar-refractivity contribution is 7.89. The quantitative estimate of drug-likeness (QED) is 0.361. The van der Waals surface area contributed by atoms with E-state index in [2.05, 4.69) is 9.71 Å². The Balaban J connectivity index is 1.43. The van der Waals surface area contributed by atoms with Crippen molar-refractivity contribution in [1.29, 1.82) is 0 Å². The molecule has 182 valence electrons. The van der Waals surface area contributed by atoms with E-state index in [-0.39, 0.29) is 4.90 Å². The number of aromatic nitrogens is 2. The summed E-state index contributed by atoms with van der Waals surface area (Å²) in [5, 5.41) is 9.28. The first-order valence-corrected chi connectivity index (χ1v) is 12.6. The number of benzene rings is 3. The van der Waals surface area contributed by atoms with Gasteiger partial charge in [-0.15, -0.1) is 0 Å². The zero-order chi connectivity index (χ0) is 25.2. The largest absolute Gasteiger partial charge is 0.486 e.